The molecule has 0 spiro atoms. The van der Waals surface area contributed by atoms with Crippen LogP contribution in [0.25, 0.3) is 0 Å². The zero-order chi connectivity index (χ0) is 10.0. The van der Waals surface area contributed by atoms with Gasteiger partial charge in [-0.25, -0.2) is 0 Å². The molecule has 78 valence electrons. The standard InChI is InChI=1S/C13H26/c1-6-7-8-12(9(2)3)13-10(4)11(13)5/h9-13H,6-8H2,1-5H3. The van der Waals surface area contributed by atoms with Crippen molar-refractivity contribution in [3.05, 3.63) is 0 Å². The Hall–Kier alpha value is 0. The van der Waals surface area contributed by atoms with Crippen molar-refractivity contribution in [2.75, 3.05) is 0 Å². The third-order valence-corrected chi connectivity index (χ3v) is 4.14. The summed E-state index contributed by atoms with van der Waals surface area (Å²) in [6.45, 7) is 12.0. The molecule has 0 radical (unpaired) electrons. The van der Waals surface area contributed by atoms with E-state index in [0.717, 1.165) is 29.6 Å². The fourth-order valence-electron chi connectivity index (χ4n) is 2.89. The lowest BCUT2D eigenvalue weighted by Gasteiger charge is -2.21. The van der Waals surface area contributed by atoms with E-state index in [0.29, 0.717) is 0 Å². The number of hydrogen-bond acceptors (Lipinski definition) is 0. The van der Waals surface area contributed by atoms with Crippen LogP contribution in [0, 0.1) is 29.6 Å². The summed E-state index contributed by atoms with van der Waals surface area (Å²) in [6, 6.07) is 0. The molecule has 1 fully saturated rings. The van der Waals surface area contributed by atoms with Crippen molar-refractivity contribution in [2.45, 2.75) is 53.9 Å². The van der Waals surface area contributed by atoms with Crippen LogP contribution in [-0.4, -0.2) is 0 Å². The fourth-order valence-corrected chi connectivity index (χ4v) is 2.89. The fraction of sp³-hybridized carbons (Fsp3) is 1.00. The predicted octanol–water partition coefficient (Wildman–Crippen LogP) is 4.35. The van der Waals surface area contributed by atoms with E-state index < -0.39 is 0 Å². The van der Waals surface area contributed by atoms with Gasteiger partial charge in [0, 0.05) is 0 Å². The maximum Gasteiger partial charge on any atom is -0.0327 e. The minimum absolute atomic E-state index is 0.893. The van der Waals surface area contributed by atoms with Crippen LogP contribution in [0.4, 0.5) is 0 Å². The molecule has 3 unspecified atom stereocenters. The average molecular weight is 182 g/mol. The third-order valence-electron chi connectivity index (χ3n) is 4.14. The zero-order valence-electron chi connectivity index (χ0n) is 10.0. The van der Waals surface area contributed by atoms with E-state index >= 15 is 0 Å². The Morgan fingerprint density at radius 2 is 1.62 bits per heavy atom. The SMILES string of the molecule is CCCCC(C(C)C)C1C(C)C1C. The lowest BCUT2D eigenvalue weighted by atomic mass is 9.85. The predicted molar refractivity (Wildman–Crippen MR) is 59.7 cm³/mol. The third kappa shape index (κ3) is 2.48. The lowest BCUT2D eigenvalue weighted by Crippen LogP contribution is -2.12. The van der Waals surface area contributed by atoms with Gasteiger partial charge in [0.25, 0.3) is 0 Å². The van der Waals surface area contributed by atoms with Gasteiger partial charge in [0.1, 0.15) is 0 Å². The van der Waals surface area contributed by atoms with Crippen molar-refractivity contribution < 1.29 is 0 Å². The maximum absolute atomic E-state index is 2.43. The van der Waals surface area contributed by atoms with Gasteiger partial charge >= 0.3 is 0 Å². The summed E-state index contributed by atoms with van der Waals surface area (Å²) in [7, 11) is 0. The van der Waals surface area contributed by atoms with E-state index in [1.165, 1.54) is 19.3 Å². The van der Waals surface area contributed by atoms with E-state index in [9.17, 15) is 0 Å². The zero-order valence-corrected chi connectivity index (χ0v) is 10.0. The Morgan fingerprint density at radius 3 is 1.92 bits per heavy atom. The van der Waals surface area contributed by atoms with Crippen LogP contribution in [0.2, 0.25) is 0 Å². The Kier molecular flexibility index (Phi) is 3.82. The number of rotatable bonds is 5. The summed E-state index contributed by atoms with van der Waals surface area (Å²) >= 11 is 0. The van der Waals surface area contributed by atoms with Crippen LogP contribution in [0.3, 0.4) is 0 Å². The molecule has 0 nitrogen and oxygen atoms in total. The van der Waals surface area contributed by atoms with Crippen molar-refractivity contribution in [2.24, 2.45) is 29.6 Å². The monoisotopic (exact) mass is 182 g/mol. The largest absolute Gasteiger partial charge is 0.0654 e. The highest BCUT2D eigenvalue weighted by atomic mass is 14.5. The van der Waals surface area contributed by atoms with Crippen molar-refractivity contribution in [3.8, 4) is 0 Å². The molecule has 1 rings (SSSR count). The molecule has 0 aromatic carbocycles. The van der Waals surface area contributed by atoms with Gasteiger partial charge in [0.05, 0.1) is 0 Å². The molecule has 0 N–H and O–H groups in total. The topological polar surface area (TPSA) is 0 Å². The molecule has 0 saturated heterocycles. The second-order valence-electron chi connectivity index (χ2n) is 5.35. The van der Waals surface area contributed by atoms with Crippen molar-refractivity contribution in [3.63, 3.8) is 0 Å². The van der Waals surface area contributed by atoms with Gasteiger partial charge in [-0.3, -0.25) is 0 Å². The summed E-state index contributed by atoms with van der Waals surface area (Å²) in [5.41, 5.74) is 0. The van der Waals surface area contributed by atoms with Crippen LogP contribution < -0.4 is 0 Å². The minimum atomic E-state index is 0.893. The molecule has 3 atom stereocenters. The molecule has 0 aromatic rings. The van der Waals surface area contributed by atoms with Crippen LogP contribution in [-0.2, 0) is 0 Å². The first-order valence-corrected chi connectivity index (χ1v) is 6.09. The maximum atomic E-state index is 2.43. The van der Waals surface area contributed by atoms with Crippen molar-refractivity contribution >= 4 is 0 Å². The summed E-state index contributed by atoms with van der Waals surface area (Å²) < 4.78 is 0. The highest BCUT2D eigenvalue weighted by molar-refractivity contribution is 4.95. The molecule has 1 saturated carbocycles. The normalized spacial score (nSPS) is 35.1. The Bertz CT molecular complexity index is 140. The second-order valence-corrected chi connectivity index (χ2v) is 5.35. The Morgan fingerprint density at radius 1 is 1.08 bits per heavy atom. The van der Waals surface area contributed by atoms with E-state index in [1.807, 2.05) is 0 Å². The van der Waals surface area contributed by atoms with Crippen molar-refractivity contribution in [1.29, 1.82) is 0 Å². The van der Waals surface area contributed by atoms with Crippen molar-refractivity contribution in [1.82, 2.24) is 0 Å². The molecule has 0 amide bonds. The van der Waals surface area contributed by atoms with E-state index in [1.54, 1.807) is 0 Å². The molecular weight excluding hydrogens is 156 g/mol. The second kappa shape index (κ2) is 4.48. The number of unbranched alkanes of at least 4 members (excludes halogenated alkanes) is 1. The van der Waals surface area contributed by atoms with Gasteiger partial charge in [-0.05, 0) is 36.0 Å². The van der Waals surface area contributed by atoms with Crippen LogP contribution >= 0.6 is 0 Å². The van der Waals surface area contributed by atoms with Gasteiger partial charge in [0.15, 0.2) is 0 Å². The first-order chi connectivity index (χ1) is 6.09. The molecule has 1 aliphatic rings. The smallest absolute Gasteiger partial charge is 0.0327 e. The number of hydrogen-bond donors (Lipinski definition) is 0. The van der Waals surface area contributed by atoms with E-state index in [-0.39, 0.29) is 0 Å². The minimum Gasteiger partial charge on any atom is -0.0654 e. The molecular formula is C13H26. The van der Waals surface area contributed by atoms with Gasteiger partial charge < -0.3 is 0 Å². The van der Waals surface area contributed by atoms with Gasteiger partial charge in [-0.2, -0.15) is 0 Å². The van der Waals surface area contributed by atoms with Crippen LogP contribution in [0.15, 0.2) is 0 Å². The molecule has 0 aliphatic heterocycles. The van der Waals surface area contributed by atoms with Gasteiger partial charge in [0.2, 0.25) is 0 Å². The quantitative estimate of drug-likeness (QED) is 0.593. The van der Waals surface area contributed by atoms with Crippen LogP contribution in [0.5, 0.6) is 0 Å². The van der Waals surface area contributed by atoms with E-state index in [2.05, 4.69) is 34.6 Å². The first-order valence-electron chi connectivity index (χ1n) is 6.09. The summed E-state index contributed by atoms with van der Waals surface area (Å²) in [4.78, 5) is 0. The summed E-state index contributed by atoms with van der Waals surface area (Å²) in [6.07, 6.45) is 4.25. The summed E-state index contributed by atoms with van der Waals surface area (Å²) in [5, 5.41) is 0. The lowest BCUT2D eigenvalue weighted by molar-refractivity contribution is 0.291. The van der Waals surface area contributed by atoms with Gasteiger partial charge in [-0.15, -0.1) is 0 Å². The van der Waals surface area contributed by atoms with Gasteiger partial charge in [-0.1, -0.05) is 47.5 Å². The highest BCUT2D eigenvalue weighted by Crippen LogP contribution is 2.53. The van der Waals surface area contributed by atoms with E-state index in [4.69, 9.17) is 0 Å². The molecule has 0 bridgehead atoms. The Balaban J connectivity index is 2.40. The Labute approximate surface area is 84.1 Å². The molecule has 0 heterocycles. The first kappa shape index (κ1) is 11.1. The molecule has 1 aliphatic carbocycles. The highest BCUT2D eigenvalue weighted by Gasteiger charge is 2.47. The summed E-state index contributed by atoms with van der Waals surface area (Å²) in [5.74, 6) is 4.95. The molecule has 13 heavy (non-hydrogen) atoms. The molecule has 0 heteroatoms. The van der Waals surface area contributed by atoms with Crippen LogP contribution in [0.1, 0.15) is 53.9 Å². The molecule has 0 aromatic heterocycles. The average Bonchev–Trinajstić information content (AvgIpc) is 2.62.